The third-order valence-electron chi connectivity index (χ3n) is 2.48. The minimum absolute atomic E-state index is 0.0377. The van der Waals surface area contributed by atoms with Gasteiger partial charge in [0.1, 0.15) is 0 Å². The molecule has 0 aliphatic heterocycles. The number of nitrogens with one attached hydrogen (secondary N) is 1. The predicted molar refractivity (Wildman–Crippen MR) is 68.7 cm³/mol. The summed E-state index contributed by atoms with van der Waals surface area (Å²) in [5.41, 5.74) is 1.38. The first kappa shape index (κ1) is 14.0. The van der Waals surface area contributed by atoms with Gasteiger partial charge in [0.2, 0.25) is 5.91 Å². The summed E-state index contributed by atoms with van der Waals surface area (Å²) in [4.78, 5) is 22.9. The van der Waals surface area contributed by atoms with Crippen LogP contribution in [0.15, 0.2) is 42.0 Å². The summed E-state index contributed by atoms with van der Waals surface area (Å²) in [7, 11) is 1.30. The quantitative estimate of drug-likeness (QED) is 0.637. The lowest BCUT2D eigenvalue weighted by atomic mass is 10.1. The van der Waals surface area contributed by atoms with Crippen LogP contribution >= 0.6 is 0 Å². The molecule has 1 N–H and O–H groups in total. The van der Waals surface area contributed by atoms with Crippen molar-refractivity contribution in [3.8, 4) is 0 Å². The van der Waals surface area contributed by atoms with Crippen molar-refractivity contribution < 1.29 is 14.3 Å². The monoisotopic (exact) mass is 247 g/mol. The van der Waals surface area contributed by atoms with Crippen molar-refractivity contribution in [1.29, 1.82) is 0 Å². The second-order valence-corrected chi connectivity index (χ2v) is 3.74. The number of esters is 1. The van der Waals surface area contributed by atoms with Crippen molar-refractivity contribution >= 4 is 11.9 Å². The maximum atomic E-state index is 11.6. The summed E-state index contributed by atoms with van der Waals surface area (Å²) in [5, 5.41) is 2.76. The van der Waals surface area contributed by atoms with Crippen LogP contribution in [-0.2, 0) is 20.9 Å². The zero-order valence-corrected chi connectivity index (χ0v) is 10.6. The summed E-state index contributed by atoms with van der Waals surface area (Å²) >= 11 is 0. The van der Waals surface area contributed by atoms with Crippen LogP contribution in [0.25, 0.3) is 0 Å². The van der Waals surface area contributed by atoms with Gasteiger partial charge in [0.25, 0.3) is 0 Å². The van der Waals surface area contributed by atoms with Crippen molar-refractivity contribution in [3.63, 3.8) is 0 Å². The van der Waals surface area contributed by atoms with Crippen LogP contribution in [-0.4, -0.2) is 19.0 Å². The molecule has 1 rings (SSSR count). The lowest BCUT2D eigenvalue weighted by Crippen LogP contribution is -2.24. The smallest absolute Gasteiger partial charge is 0.333 e. The average molecular weight is 247 g/mol. The van der Waals surface area contributed by atoms with Gasteiger partial charge in [-0.25, -0.2) is 4.79 Å². The maximum Gasteiger partial charge on any atom is 0.333 e. The van der Waals surface area contributed by atoms with E-state index in [1.807, 2.05) is 30.3 Å². The van der Waals surface area contributed by atoms with E-state index in [1.165, 1.54) is 7.11 Å². The standard InChI is InChI=1S/C14H17NO3/c1-3-12(14(17)18-2)9-13(16)15-10-11-7-5-4-6-8-11/h3-8H,9-10H2,1-2H3,(H,15,16)/b12-3-. The molecule has 0 atom stereocenters. The Morgan fingerprint density at radius 1 is 1.28 bits per heavy atom. The van der Waals surface area contributed by atoms with Crippen LogP contribution in [0.2, 0.25) is 0 Å². The number of carbonyl (C=O) groups excluding carboxylic acids is 2. The van der Waals surface area contributed by atoms with E-state index in [0.29, 0.717) is 12.1 Å². The number of benzene rings is 1. The number of methoxy groups -OCH3 is 1. The Labute approximate surface area is 107 Å². The molecule has 0 radical (unpaired) electrons. The van der Waals surface area contributed by atoms with Gasteiger partial charge in [-0.15, -0.1) is 0 Å². The van der Waals surface area contributed by atoms with Gasteiger partial charge in [-0.1, -0.05) is 36.4 Å². The number of carbonyl (C=O) groups is 2. The molecule has 96 valence electrons. The molecule has 0 bridgehead atoms. The predicted octanol–water partition coefficient (Wildman–Crippen LogP) is 1.81. The topological polar surface area (TPSA) is 55.4 Å². The van der Waals surface area contributed by atoms with E-state index in [9.17, 15) is 9.59 Å². The van der Waals surface area contributed by atoms with E-state index in [1.54, 1.807) is 13.0 Å². The van der Waals surface area contributed by atoms with Gasteiger partial charge in [-0.2, -0.15) is 0 Å². The van der Waals surface area contributed by atoms with Crippen LogP contribution in [0, 0.1) is 0 Å². The minimum atomic E-state index is -0.465. The van der Waals surface area contributed by atoms with E-state index < -0.39 is 5.97 Å². The highest BCUT2D eigenvalue weighted by Gasteiger charge is 2.12. The Hall–Kier alpha value is -2.10. The number of ether oxygens (including phenoxy) is 1. The lowest BCUT2D eigenvalue weighted by Gasteiger charge is -2.07. The Morgan fingerprint density at radius 3 is 2.50 bits per heavy atom. The van der Waals surface area contributed by atoms with E-state index in [2.05, 4.69) is 10.1 Å². The summed E-state index contributed by atoms with van der Waals surface area (Å²) < 4.78 is 4.58. The van der Waals surface area contributed by atoms with Crippen LogP contribution < -0.4 is 5.32 Å². The average Bonchev–Trinajstić information content (AvgIpc) is 2.42. The van der Waals surface area contributed by atoms with Crippen LogP contribution in [0.3, 0.4) is 0 Å². The number of hydrogen-bond acceptors (Lipinski definition) is 3. The molecule has 1 aromatic rings. The van der Waals surface area contributed by atoms with E-state index >= 15 is 0 Å². The second-order valence-electron chi connectivity index (χ2n) is 3.74. The van der Waals surface area contributed by atoms with Crippen molar-refractivity contribution in [2.75, 3.05) is 7.11 Å². The lowest BCUT2D eigenvalue weighted by molar-refractivity contribution is -0.137. The molecule has 4 heteroatoms. The zero-order chi connectivity index (χ0) is 13.4. The minimum Gasteiger partial charge on any atom is -0.466 e. The van der Waals surface area contributed by atoms with Gasteiger partial charge in [-0.05, 0) is 12.5 Å². The van der Waals surface area contributed by atoms with Gasteiger partial charge in [-0.3, -0.25) is 4.79 Å². The Kier molecular flexibility index (Phi) is 5.64. The number of allylic oxidation sites excluding steroid dienone is 1. The molecule has 0 saturated heterocycles. The molecule has 4 nitrogen and oxygen atoms in total. The fourth-order valence-corrected chi connectivity index (χ4v) is 1.46. The van der Waals surface area contributed by atoms with Crippen LogP contribution in [0.4, 0.5) is 0 Å². The molecule has 0 heterocycles. The Balaban J connectivity index is 2.45. The molecule has 1 aromatic carbocycles. The van der Waals surface area contributed by atoms with E-state index in [-0.39, 0.29) is 12.3 Å². The maximum absolute atomic E-state index is 11.6. The number of amides is 1. The zero-order valence-electron chi connectivity index (χ0n) is 10.6. The van der Waals surface area contributed by atoms with Crippen molar-refractivity contribution in [2.45, 2.75) is 19.9 Å². The first-order valence-corrected chi connectivity index (χ1v) is 5.71. The van der Waals surface area contributed by atoms with Crippen molar-refractivity contribution in [3.05, 3.63) is 47.5 Å². The summed E-state index contributed by atoms with van der Waals surface area (Å²) in [6.45, 7) is 2.16. The second kappa shape index (κ2) is 7.27. The first-order valence-electron chi connectivity index (χ1n) is 5.71. The summed E-state index contributed by atoms with van der Waals surface area (Å²) in [6.07, 6.45) is 1.63. The SMILES string of the molecule is C/C=C(/CC(=O)NCc1ccccc1)C(=O)OC. The van der Waals surface area contributed by atoms with Crippen molar-refractivity contribution in [2.24, 2.45) is 0 Å². The van der Waals surface area contributed by atoms with Gasteiger partial charge in [0, 0.05) is 12.1 Å². The van der Waals surface area contributed by atoms with Crippen LogP contribution in [0.1, 0.15) is 18.9 Å². The van der Waals surface area contributed by atoms with Gasteiger partial charge in [0.05, 0.1) is 13.5 Å². The van der Waals surface area contributed by atoms with E-state index in [0.717, 1.165) is 5.56 Å². The molecule has 0 fully saturated rings. The van der Waals surface area contributed by atoms with E-state index in [4.69, 9.17) is 0 Å². The Morgan fingerprint density at radius 2 is 1.94 bits per heavy atom. The molecule has 0 aliphatic rings. The molecule has 18 heavy (non-hydrogen) atoms. The van der Waals surface area contributed by atoms with Gasteiger partial charge < -0.3 is 10.1 Å². The third-order valence-corrected chi connectivity index (χ3v) is 2.48. The van der Waals surface area contributed by atoms with Crippen LogP contribution in [0.5, 0.6) is 0 Å². The molecular weight excluding hydrogens is 230 g/mol. The highest BCUT2D eigenvalue weighted by atomic mass is 16.5. The number of hydrogen-bond donors (Lipinski definition) is 1. The fourth-order valence-electron chi connectivity index (χ4n) is 1.46. The first-order chi connectivity index (χ1) is 8.67. The highest BCUT2D eigenvalue weighted by molar-refractivity contribution is 5.95. The number of rotatable bonds is 5. The fraction of sp³-hybridized carbons (Fsp3) is 0.286. The largest absolute Gasteiger partial charge is 0.466 e. The van der Waals surface area contributed by atoms with Crippen molar-refractivity contribution in [1.82, 2.24) is 5.32 Å². The normalized spacial score (nSPS) is 10.9. The Bertz CT molecular complexity index is 438. The molecule has 0 saturated carbocycles. The molecule has 0 aliphatic carbocycles. The molecule has 0 spiro atoms. The molecule has 1 amide bonds. The summed E-state index contributed by atoms with van der Waals surface area (Å²) in [5.74, 6) is -0.662. The molecular formula is C14H17NO3. The summed E-state index contributed by atoms with van der Waals surface area (Å²) in [6, 6.07) is 9.59. The van der Waals surface area contributed by atoms with Gasteiger partial charge in [0.15, 0.2) is 0 Å². The highest BCUT2D eigenvalue weighted by Crippen LogP contribution is 2.04. The third kappa shape index (κ3) is 4.41. The van der Waals surface area contributed by atoms with Gasteiger partial charge >= 0.3 is 5.97 Å². The molecule has 0 unspecified atom stereocenters. The molecule has 0 aromatic heterocycles.